The molecule has 0 radical (unpaired) electrons. The summed E-state index contributed by atoms with van der Waals surface area (Å²) in [5, 5.41) is 11.3. The zero-order valence-corrected chi connectivity index (χ0v) is 18.2. The standard InChI is InChI=1S/C27H21NO6/c29-25(18-6-8-20-17(14-18)10-11-32-20)23-24(16-4-2-1-3-5-16)28(27(31)26(23)30)19-7-9-21-22(15-19)34-13-12-33-21/h1-9,14-15,24,29H,10-13H2/b25-23+. The van der Waals surface area contributed by atoms with E-state index in [4.69, 9.17) is 14.2 Å². The van der Waals surface area contributed by atoms with Crippen LogP contribution in [0.25, 0.3) is 5.76 Å². The van der Waals surface area contributed by atoms with E-state index in [9.17, 15) is 14.7 Å². The highest BCUT2D eigenvalue weighted by atomic mass is 16.6. The first kappa shape index (κ1) is 20.4. The van der Waals surface area contributed by atoms with E-state index >= 15 is 0 Å². The van der Waals surface area contributed by atoms with Crippen molar-refractivity contribution >= 4 is 23.1 Å². The molecule has 170 valence electrons. The highest BCUT2D eigenvalue weighted by Gasteiger charge is 2.47. The third kappa shape index (κ3) is 3.20. The fourth-order valence-corrected chi connectivity index (χ4v) is 4.72. The molecule has 0 aliphatic carbocycles. The van der Waals surface area contributed by atoms with Crippen LogP contribution in [0.4, 0.5) is 5.69 Å². The molecule has 1 saturated heterocycles. The average Bonchev–Trinajstić information content (AvgIpc) is 3.45. The van der Waals surface area contributed by atoms with E-state index in [1.807, 2.05) is 36.4 Å². The summed E-state index contributed by atoms with van der Waals surface area (Å²) in [6.07, 6.45) is 0.726. The number of hydrogen-bond donors (Lipinski definition) is 1. The minimum Gasteiger partial charge on any atom is -0.507 e. The molecule has 1 unspecified atom stereocenters. The molecule has 1 N–H and O–H groups in total. The van der Waals surface area contributed by atoms with Crippen molar-refractivity contribution in [2.75, 3.05) is 24.7 Å². The Kier molecular flexibility index (Phi) is 4.76. The zero-order valence-electron chi connectivity index (χ0n) is 18.2. The molecule has 6 rings (SSSR count). The van der Waals surface area contributed by atoms with Gasteiger partial charge in [0.25, 0.3) is 11.7 Å². The van der Waals surface area contributed by atoms with Crippen molar-refractivity contribution < 1.29 is 28.9 Å². The molecule has 3 aliphatic rings. The zero-order chi connectivity index (χ0) is 23.2. The van der Waals surface area contributed by atoms with Crippen LogP contribution in [-0.2, 0) is 16.0 Å². The second kappa shape index (κ2) is 7.95. The minimum atomic E-state index is -0.798. The van der Waals surface area contributed by atoms with Gasteiger partial charge in [-0.2, -0.15) is 0 Å². The van der Waals surface area contributed by atoms with E-state index < -0.39 is 17.7 Å². The van der Waals surface area contributed by atoms with Gasteiger partial charge in [-0.3, -0.25) is 14.5 Å². The highest BCUT2D eigenvalue weighted by molar-refractivity contribution is 6.51. The van der Waals surface area contributed by atoms with Crippen molar-refractivity contribution in [1.82, 2.24) is 0 Å². The Hall–Kier alpha value is -4.26. The first-order valence-electron chi connectivity index (χ1n) is 11.1. The van der Waals surface area contributed by atoms with Crippen LogP contribution in [0.2, 0.25) is 0 Å². The van der Waals surface area contributed by atoms with Gasteiger partial charge in [-0.1, -0.05) is 30.3 Å². The van der Waals surface area contributed by atoms with Gasteiger partial charge < -0.3 is 19.3 Å². The van der Waals surface area contributed by atoms with Gasteiger partial charge in [-0.05, 0) is 41.5 Å². The maximum atomic E-state index is 13.3. The van der Waals surface area contributed by atoms with Crippen molar-refractivity contribution in [3.8, 4) is 17.2 Å². The van der Waals surface area contributed by atoms with Gasteiger partial charge in [-0.15, -0.1) is 0 Å². The molecule has 1 fully saturated rings. The fraction of sp³-hybridized carbons (Fsp3) is 0.185. The lowest BCUT2D eigenvalue weighted by Crippen LogP contribution is -2.29. The van der Waals surface area contributed by atoms with Crippen molar-refractivity contribution in [2.45, 2.75) is 12.5 Å². The van der Waals surface area contributed by atoms with Crippen molar-refractivity contribution in [2.24, 2.45) is 0 Å². The number of anilines is 1. The predicted octanol–water partition coefficient (Wildman–Crippen LogP) is 4.02. The molecule has 1 atom stereocenters. The first-order chi connectivity index (χ1) is 16.6. The van der Waals surface area contributed by atoms with Crippen LogP contribution in [0.15, 0.2) is 72.3 Å². The summed E-state index contributed by atoms with van der Waals surface area (Å²) >= 11 is 0. The normalized spacial score (nSPS) is 20.2. The van der Waals surface area contributed by atoms with Crippen LogP contribution >= 0.6 is 0 Å². The lowest BCUT2D eigenvalue weighted by molar-refractivity contribution is -0.132. The quantitative estimate of drug-likeness (QED) is 0.365. The number of Topliss-reactive ketones (excluding diaryl/α,β-unsaturated/α-hetero) is 1. The van der Waals surface area contributed by atoms with Crippen molar-refractivity contribution in [3.63, 3.8) is 0 Å². The van der Waals surface area contributed by atoms with Gasteiger partial charge in [-0.25, -0.2) is 0 Å². The molecule has 7 heteroatoms. The van der Waals surface area contributed by atoms with Crippen LogP contribution < -0.4 is 19.1 Å². The molecule has 3 heterocycles. The maximum Gasteiger partial charge on any atom is 0.300 e. The third-order valence-electron chi connectivity index (χ3n) is 6.33. The van der Waals surface area contributed by atoms with Crippen LogP contribution in [0.3, 0.4) is 0 Å². The minimum absolute atomic E-state index is 0.0463. The number of aliphatic hydroxyl groups is 1. The first-order valence-corrected chi connectivity index (χ1v) is 11.1. The number of ether oxygens (including phenoxy) is 3. The summed E-state index contributed by atoms with van der Waals surface area (Å²) in [7, 11) is 0. The molecule has 3 aliphatic heterocycles. The van der Waals surface area contributed by atoms with Crippen molar-refractivity contribution in [3.05, 3.63) is 89.0 Å². The van der Waals surface area contributed by atoms with Crippen LogP contribution in [-0.4, -0.2) is 36.6 Å². The van der Waals surface area contributed by atoms with Gasteiger partial charge in [0, 0.05) is 23.7 Å². The molecular formula is C27H21NO6. The monoisotopic (exact) mass is 455 g/mol. The molecule has 3 aromatic carbocycles. The molecule has 0 saturated carbocycles. The van der Waals surface area contributed by atoms with Crippen molar-refractivity contribution in [1.29, 1.82) is 0 Å². The number of carbonyl (C=O) groups excluding carboxylic acids is 2. The molecule has 0 bridgehead atoms. The number of fused-ring (bicyclic) bond motifs is 2. The summed E-state index contributed by atoms with van der Waals surface area (Å²) in [6.45, 7) is 1.43. The lowest BCUT2D eigenvalue weighted by atomic mass is 9.94. The number of hydrogen-bond acceptors (Lipinski definition) is 6. The number of ketones is 1. The summed E-state index contributed by atoms with van der Waals surface area (Å²) in [4.78, 5) is 28.1. The molecule has 7 nitrogen and oxygen atoms in total. The molecule has 0 aromatic heterocycles. The summed E-state index contributed by atoms with van der Waals surface area (Å²) < 4.78 is 16.8. The van der Waals surface area contributed by atoms with E-state index in [1.54, 1.807) is 30.3 Å². The smallest absolute Gasteiger partial charge is 0.300 e. The Morgan fingerprint density at radius 2 is 1.56 bits per heavy atom. The highest BCUT2D eigenvalue weighted by Crippen LogP contribution is 2.44. The Labute approximate surface area is 195 Å². The molecule has 1 amide bonds. The lowest BCUT2D eigenvalue weighted by Gasteiger charge is -2.27. The fourth-order valence-electron chi connectivity index (χ4n) is 4.72. The van der Waals surface area contributed by atoms with Gasteiger partial charge in [0.2, 0.25) is 0 Å². The van der Waals surface area contributed by atoms with Crippen LogP contribution in [0.1, 0.15) is 22.7 Å². The number of carbonyl (C=O) groups is 2. The predicted molar refractivity (Wildman–Crippen MR) is 124 cm³/mol. The summed E-state index contributed by atoms with van der Waals surface area (Å²) in [5.74, 6) is 0.212. The maximum absolute atomic E-state index is 13.3. The van der Waals surface area contributed by atoms with Crippen LogP contribution in [0, 0.1) is 0 Å². The number of aliphatic hydroxyl groups excluding tert-OH is 1. The number of nitrogens with zero attached hydrogens (tertiary/aromatic N) is 1. The summed E-state index contributed by atoms with van der Waals surface area (Å²) in [6, 6.07) is 18.9. The number of benzene rings is 3. The van der Waals surface area contributed by atoms with Gasteiger partial charge in [0.1, 0.15) is 24.7 Å². The van der Waals surface area contributed by atoms with Crippen LogP contribution in [0.5, 0.6) is 17.2 Å². The van der Waals surface area contributed by atoms with E-state index in [0.29, 0.717) is 48.1 Å². The largest absolute Gasteiger partial charge is 0.507 e. The van der Waals surface area contributed by atoms with E-state index in [2.05, 4.69) is 0 Å². The Morgan fingerprint density at radius 1 is 0.824 bits per heavy atom. The Bertz CT molecular complexity index is 1350. The topological polar surface area (TPSA) is 85.3 Å². The van der Waals surface area contributed by atoms with Gasteiger partial charge in [0.05, 0.1) is 18.2 Å². The van der Waals surface area contributed by atoms with E-state index in [1.165, 1.54) is 4.90 Å². The second-order valence-electron chi connectivity index (χ2n) is 8.33. The van der Waals surface area contributed by atoms with Gasteiger partial charge in [0.15, 0.2) is 11.5 Å². The molecular weight excluding hydrogens is 434 g/mol. The van der Waals surface area contributed by atoms with E-state index in [0.717, 1.165) is 17.7 Å². The van der Waals surface area contributed by atoms with E-state index in [-0.39, 0.29) is 11.3 Å². The number of amides is 1. The molecule has 3 aromatic rings. The molecule has 0 spiro atoms. The third-order valence-corrected chi connectivity index (χ3v) is 6.33. The second-order valence-corrected chi connectivity index (χ2v) is 8.33. The van der Waals surface area contributed by atoms with Gasteiger partial charge >= 0.3 is 0 Å². The number of rotatable bonds is 3. The Morgan fingerprint density at radius 3 is 2.38 bits per heavy atom. The molecule has 34 heavy (non-hydrogen) atoms. The Balaban J connectivity index is 1.51. The SMILES string of the molecule is O=C1C(=O)N(c2ccc3c(c2)OCCO3)C(c2ccccc2)/C1=C(\O)c1ccc2c(c1)CCO2. The average molecular weight is 455 g/mol. The summed E-state index contributed by atoms with van der Waals surface area (Å²) in [5.41, 5.74) is 2.68.